The maximum atomic E-state index is 16.1. The van der Waals surface area contributed by atoms with E-state index in [-0.39, 0.29) is 10.8 Å². The van der Waals surface area contributed by atoms with Gasteiger partial charge < -0.3 is 10.3 Å². The number of fused-ring (bicyclic) bond motifs is 1. The van der Waals surface area contributed by atoms with Crippen LogP contribution < -0.4 is 15.9 Å². The molecule has 3 N–H and O–H groups in total. The molecule has 0 saturated carbocycles. The average molecular weight is 494 g/mol. The van der Waals surface area contributed by atoms with Gasteiger partial charge in [-0.15, -0.1) is 0 Å². The van der Waals surface area contributed by atoms with E-state index in [9.17, 15) is 0 Å². The van der Waals surface area contributed by atoms with Crippen LogP contribution in [-0.4, -0.2) is 30.1 Å². The molecule has 0 spiro atoms. The van der Waals surface area contributed by atoms with Crippen LogP contribution in [0.15, 0.2) is 67.9 Å². The normalized spacial score (nSPS) is 14.2. The molecule has 37 heavy (non-hydrogen) atoms. The molecule has 1 aliphatic carbocycles. The number of aromatic amines is 2. The fourth-order valence-electron chi connectivity index (χ4n) is 4.39. The lowest BCUT2D eigenvalue weighted by molar-refractivity contribution is 0.764. The molecular formula is C29H28FN7. The number of hydrogen-bond donors (Lipinski definition) is 3. The van der Waals surface area contributed by atoms with Crippen LogP contribution in [0.25, 0.3) is 45.6 Å². The first-order valence-electron chi connectivity index (χ1n) is 12.2. The number of nitrogens with zero attached hydrogens (tertiary/aromatic N) is 4. The summed E-state index contributed by atoms with van der Waals surface area (Å²) in [6, 6.07) is 1.81. The summed E-state index contributed by atoms with van der Waals surface area (Å²) in [6.45, 7) is 12.0. The summed E-state index contributed by atoms with van der Waals surface area (Å²) in [6.07, 6.45) is 17.5. The topological polar surface area (TPSA) is 95.2 Å². The lowest BCUT2D eigenvalue weighted by atomic mass is 10.1. The largest absolute Gasteiger partial charge is 0.358 e. The number of rotatable bonds is 8. The van der Waals surface area contributed by atoms with Crippen molar-refractivity contribution in [2.24, 2.45) is 0 Å². The van der Waals surface area contributed by atoms with Gasteiger partial charge in [-0.1, -0.05) is 50.8 Å². The van der Waals surface area contributed by atoms with Gasteiger partial charge in [0, 0.05) is 34.8 Å². The summed E-state index contributed by atoms with van der Waals surface area (Å²) < 4.78 is 16.1. The van der Waals surface area contributed by atoms with Crippen molar-refractivity contribution >= 4 is 39.8 Å². The monoisotopic (exact) mass is 493 g/mol. The van der Waals surface area contributed by atoms with Crippen molar-refractivity contribution in [2.75, 3.05) is 5.32 Å². The Morgan fingerprint density at radius 1 is 1.19 bits per heavy atom. The molecule has 0 amide bonds. The predicted octanol–water partition coefficient (Wildman–Crippen LogP) is 5.40. The molecule has 7 nitrogen and oxygen atoms in total. The molecule has 0 saturated heterocycles. The zero-order valence-corrected chi connectivity index (χ0v) is 20.9. The maximum Gasteiger partial charge on any atom is 0.159 e. The Bertz CT molecular complexity index is 1700. The van der Waals surface area contributed by atoms with Crippen molar-refractivity contribution in [3.05, 3.63) is 89.6 Å². The summed E-state index contributed by atoms with van der Waals surface area (Å²) in [5.41, 5.74) is 6.21. The van der Waals surface area contributed by atoms with Gasteiger partial charge in [0.05, 0.1) is 39.7 Å². The van der Waals surface area contributed by atoms with Crippen LogP contribution in [0.1, 0.15) is 44.2 Å². The quantitative estimate of drug-likeness (QED) is 0.305. The molecule has 0 radical (unpaired) electrons. The first-order chi connectivity index (χ1) is 18.0. The average Bonchev–Trinajstić information content (AvgIpc) is 3.67. The highest BCUT2D eigenvalue weighted by Crippen LogP contribution is 2.29. The van der Waals surface area contributed by atoms with E-state index in [2.05, 4.69) is 68.8 Å². The summed E-state index contributed by atoms with van der Waals surface area (Å²) >= 11 is 0. The lowest BCUT2D eigenvalue weighted by Crippen LogP contribution is -2.26. The standard InChI is InChI=1S/C29H28FN7/c1-5-9-17(3)33-21-12-20(13-31-14-21)18(4)26(30)25-23(6-2)36-37-28(25)29-34-24-16-32-15-22(27(24)35-29)19-10-7-8-11-19/h6-7,10-16,33,36H,3-5,8-9H2,1-2H3,(H,34,35)/b23-6+,26-25-. The van der Waals surface area contributed by atoms with Gasteiger partial charge >= 0.3 is 0 Å². The number of imidazole rings is 1. The summed E-state index contributed by atoms with van der Waals surface area (Å²) in [4.78, 5) is 16.7. The van der Waals surface area contributed by atoms with Crippen molar-refractivity contribution in [3.8, 4) is 11.5 Å². The highest BCUT2D eigenvalue weighted by atomic mass is 19.1. The highest BCUT2D eigenvalue weighted by molar-refractivity contribution is 5.95. The third kappa shape index (κ3) is 4.65. The van der Waals surface area contributed by atoms with Gasteiger partial charge in [0.15, 0.2) is 5.82 Å². The number of nitrogens with one attached hydrogen (secondary N) is 3. The molecule has 0 aromatic carbocycles. The van der Waals surface area contributed by atoms with Gasteiger partial charge in [-0.05, 0) is 31.4 Å². The molecule has 0 unspecified atom stereocenters. The second-order valence-corrected chi connectivity index (χ2v) is 8.85. The minimum absolute atomic E-state index is 0.197. The van der Waals surface area contributed by atoms with Gasteiger partial charge in [0.1, 0.15) is 11.5 Å². The van der Waals surface area contributed by atoms with Crippen LogP contribution in [0.4, 0.5) is 10.1 Å². The SMILES string of the molecule is C=C(CCC)Nc1cncc(C(=C)/C(F)=c2/c(-c3nc4c(C5=CCC=C5)cncc4[nH]3)n[nH]/c2=C/C)c1. The van der Waals surface area contributed by atoms with E-state index in [0.717, 1.165) is 52.8 Å². The van der Waals surface area contributed by atoms with E-state index in [1.54, 1.807) is 30.9 Å². The zero-order chi connectivity index (χ0) is 25.9. The van der Waals surface area contributed by atoms with Crippen molar-refractivity contribution < 1.29 is 4.39 Å². The number of anilines is 1. The Morgan fingerprint density at radius 3 is 2.78 bits per heavy atom. The van der Waals surface area contributed by atoms with Crippen molar-refractivity contribution in [2.45, 2.75) is 33.1 Å². The Morgan fingerprint density at radius 2 is 2.03 bits per heavy atom. The number of pyridine rings is 2. The highest BCUT2D eigenvalue weighted by Gasteiger charge is 2.19. The molecule has 0 atom stereocenters. The molecule has 0 aliphatic heterocycles. The minimum Gasteiger partial charge on any atom is -0.358 e. The molecule has 8 heteroatoms. The first-order valence-corrected chi connectivity index (χ1v) is 12.2. The summed E-state index contributed by atoms with van der Waals surface area (Å²) in [5.74, 6) is -0.0676. The molecule has 186 valence electrons. The third-order valence-corrected chi connectivity index (χ3v) is 6.23. The molecule has 1 aliphatic rings. The summed E-state index contributed by atoms with van der Waals surface area (Å²) in [5, 5.41) is 11.4. The molecule has 0 bridgehead atoms. The van der Waals surface area contributed by atoms with Crippen LogP contribution in [0, 0.1) is 0 Å². The van der Waals surface area contributed by atoms with E-state index in [1.165, 1.54) is 0 Å². The number of hydrogen-bond acceptors (Lipinski definition) is 5. The smallest absolute Gasteiger partial charge is 0.159 e. The van der Waals surface area contributed by atoms with Crippen molar-refractivity contribution in [3.63, 3.8) is 0 Å². The van der Waals surface area contributed by atoms with Crippen molar-refractivity contribution in [1.29, 1.82) is 0 Å². The van der Waals surface area contributed by atoms with Gasteiger partial charge in [0.2, 0.25) is 0 Å². The molecule has 4 aromatic heterocycles. The van der Waals surface area contributed by atoms with Crippen LogP contribution in [0.3, 0.4) is 0 Å². The lowest BCUT2D eigenvalue weighted by Gasteiger charge is -2.10. The first kappa shape index (κ1) is 24.1. The fourth-order valence-corrected chi connectivity index (χ4v) is 4.39. The Labute approximate surface area is 214 Å². The van der Waals surface area contributed by atoms with E-state index in [1.807, 2.05) is 13.0 Å². The van der Waals surface area contributed by atoms with E-state index in [4.69, 9.17) is 4.98 Å². The Kier molecular flexibility index (Phi) is 6.64. The van der Waals surface area contributed by atoms with Crippen LogP contribution in [0.5, 0.6) is 0 Å². The van der Waals surface area contributed by atoms with Gasteiger partial charge in [-0.3, -0.25) is 15.1 Å². The summed E-state index contributed by atoms with van der Waals surface area (Å²) in [7, 11) is 0. The molecule has 4 aromatic rings. The Hall–Kier alpha value is -4.59. The van der Waals surface area contributed by atoms with E-state index < -0.39 is 5.83 Å². The van der Waals surface area contributed by atoms with Crippen LogP contribution >= 0.6 is 0 Å². The molecule has 5 rings (SSSR count). The number of allylic oxidation sites excluding steroid dienone is 6. The number of halogens is 1. The predicted molar refractivity (Wildman–Crippen MR) is 148 cm³/mol. The van der Waals surface area contributed by atoms with E-state index >= 15 is 4.39 Å². The van der Waals surface area contributed by atoms with E-state index in [0.29, 0.717) is 22.4 Å². The van der Waals surface area contributed by atoms with Gasteiger partial charge in [-0.25, -0.2) is 9.37 Å². The zero-order valence-electron chi connectivity index (χ0n) is 20.9. The fraction of sp³-hybridized carbons (Fsp3) is 0.172. The number of aromatic nitrogens is 6. The molecular weight excluding hydrogens is 465 g/mol. The minimum atomic E-state index is -0.511. The Balaban J connectivity index is 1.60. The van der Waals surface area contributed by atoms with Gasteiger partial charge in [0.25, 0.3) is 0 Å². The van der Waals surface area contributed by atoms with Crippen LogP contribution in [-0.2, 0) is 0 Å². The number of H-pyrrole nitrogens is 2. The molecule has 0 fully saturated rings. The van der Waals surface area contributed by atoms with Crippen LogP contribution in [0.2, 0.25) is 0 Å². The second-order valence-electron chi connectivity index (χ2n) is 8.85. The second kappa shape index (κ2) is 10.2. The maximum absolute atomic E-state index is 16.1. The van der Waals surface area contributed by atoms with Crippen molar-refractivity contribution in [1.82, 2.24) is 30.1 Å². The van der Waals surface area contributed by atoms with Gasteiger partial charge in [-0.2, -0.15) is 5.10 Å². The molecule has 4 heterocycles. The third-order valence-electron chi connectivity index (χ3n) is 6.23.